The lowest BCUT2D eigenvalue weighted by atomic mass is 10.2. The van der Waals surface area contributed by atoms with Crippen LogP contribution in [0.5, 0.6) is 0 Å². The first-order valence-electron chi connectivity index (χ1n) is 9.62. The fourth-order valence-corrected chi connectivity index (χ4v) is 3.37. The molecule has 0 saturated carbocycles. The van der Waals surface area contributed by atoms with Crippen LogP contribution in [0.15, 0.2) is 65.1 Å². The smallest absolute Gasteiger partial charge is 0.244 e. The lowest BCUT2D eigenvalue weighted by Crippen LogP contribution is -2.48. The van der Waals surface area contributed by atoms with E-state index in [4.69, 9.17) is 4.42 Å². The Labute approximate surface area is 164 Å². The van der Waals surface area contributed by atoms with Crippen molar-refractivity contribution < 1.29 is 9.21 Å². The van der Waals surface area contributed by atoms with Gasteiger partial charge >= 0.3 is 0 Å². The maximum Gasteiger partial charge on any atom is 0.244 e. The molecule has 1 fully saturated rings. The average molecular weight is 376 g/mol. The molecule has 0 radical (unpaired) electrons. The molecule has 1 aliphatic rings. The second kappa shape index (κ2) is 8.71. The molecular weight excluding hydrogens is 352 g/mol. The molecule has 1 aromatic heterocycles. The Bertz CT molecular complexity index is 910. The molecule has 28 heavy (non-hydrogen) atoms. The van der Waals surface area contributed by atoms with E-state index in [9.17, 15) is 4.79 Å². The minimum Gasteiger partial charge on any atom is -0.437 e. The van der Waals surface area contributed by atoms with Gasteiger partial charge in [-0.2, -0.15) is 0 Å². The second-order valence-electron chi connectivity index (χ2n) is 6.81. The molecule has 0 aliphatic carbocycles. The molecule has 2 heterocycles. The highest BCUT2D eigenvalue weighted by Gasteiger charge is 2.16. The summed E-state index contributed by atoms with van der Waals surface area (Å²) in [6.07, 6.45) is 3.08. The summed E-state index contributed by atoms with van der Waals surface area (Å²) in [5.41, 5.74) is 2.79. The number of benzene rings is 2. The number of fused-ring (bicyclic) bond motifs is 1. The monoisotopic (exact) mass is 376 g/mol. The minimum atomic E-state index is -0.134. The van der Waals surface area contributed by atoms with Gasteiger partial charge in [0.1, 0.15) is 5.52 Å². The van der Waals surface area contributed by atoms with Gasteiger partial charge in [0, 0.05) is 57.1 Å². The van der Waals surface area contributed by atoms with Gasteiger partial charge in [0.2, 0.25) is 11.8 Å². The minimum absolute atomic E-state index is 0.134. The lowest BCUT2D eigenvalue weighted by molar-refractivity contribution is -0.116. The van der Waals surface area contributed by atoms with E-state index < -0.39 is 0 Å². The maximum absolute atomic E-state index is 12.0. The summed E-state index contributed by atoms with van der Waals surface area (Å²) in [7, 11) is 0. The van der Waals surface area contributed by atoms with Crippen molar-refractivity contribution in [2.75, 3.05) is 44.2 Å². The first kappa shape index (κ1) is 18.3. The van der Waals surface area contributed by atoms with Gasteiger partial charge in [-0.05, 0) is 24.3 Å². The van der Waals surface area contributed by atoms with Gasteiger partial charge in [0.25, 0.3) is 0 Å². The Kier molecular flexibility index (Phi) is 5.68. The van der Waals surface area contributed by atoms with Crippen LogP contribution in [0.4, 0.5) is 5.69 Å². The van der Waals surface area contributed by atoms with E-state index in [1.807, 2.05) is 30.3 Å². The Morgan fingerprint density at radius 1 is 1.04 bits per heavy atom. The highest BCUT2D eigenvalue weighted by molar-refractivity contribution is 5.91. The zero-order valence-electron chi connectivity index (χ0n) is 15.8. The van der Waals surface area contributed by atoms with Crippen molar-refractivity contribution in [1.29, 1.82) is 0 Å². The number of nitrogens with one attached hydrogen (secondary N) is 1. The molecule has 2 aromatic carbocycles. The topological polar surface area (TPSA) is 61.6 Å². The van der Waals surface area contributed by atoms with Gasteiger partial charge in [0.05, 0.1) is 0 Å². The largest absolute Gasteiger partial charge is 0.437 e. The number of carbonyl (C=O) groups is 1. The van der Waals surface area contributed by atoms with Crippen molar-refractivity contribution >= 4 is 28.8 Å². The molecule has 0 bridgehead atoms. The first-order chi connectivity index (χ1) is 13.8. The van der Waals surface area contributed by atoms with E-state index in [1.54, 1.807) is 6.08 Å². The second-order valence-corrected chi connectivity index (χ2v) is 6.81. The molecule has 0 unspecified atom stereocenters. The maximum atomic E-state index is 12.0. The number of nitrogens with zero attached hydrogens (tertiary/aromatic N) is 3. The van der Waals surface area contributed by atoms with E-state index in [1.165, 1.54) is 11.8 Å². The van der Waals surface area contributed by atoms with Gasteiger partial charge < -0.3 is 14.6 Å². The van der Waals surface area contributed by atoms with E-state index >= 15 is 0 Å². The molecule has 1 amide bonds. The first-order valence-corrected chi connectivity index (χ1v) is 9.62. The van der Waals surface area contributed by atoms with Crippen molar-refractivity contribution in [1.82, 2.24) is 15.2 Å². The molecule has 0 spiro atoms. The Morgan fingerprint density at radius 2 is 1.79 bits per heavy atom. The van der Waals surface area contributed by atoms with Crippen LogP contribution in [-0.4, -0.2) is 55.1 Å². The van der Waals surface area contributed by atoms with Crippen LogP contribution in [0.2, 0.25) is 0 Å². The molecular formula is C22H24N4O2. The van der Waals surface area contributed by atoms with Crippen molar-refractivity contribution in [2.45, 2.75) is 0 Å². The summed E-state index contributed by atoms with van der Waals surface area (Å²) in [5, 5.41) is 2.93. The summed E-state index contributed by atoms with van der Waals surface area (Å²) in [6.45, 7) is 5.51. The third-order valence-electron chi connectivity index (χ3n) is 4.91. The standard InChI is InChI=1S/C22H24N4O2/c27-21(10-11-22-24-19-8-4-5-9-20(19)28-22)23-12-13-25-14-16-26(17-15-25)18-6-2-1-3-7-18/h1-11H,12-17H2,(H,23,27)/b11-10+. The number of hydrogen-bond acceptors (Lipinski definition) is 5. The number of piperazine rings is 1. The third-order valence-corrected chi connectivity index (χ3v) is 4.91. The highest BCUT2D eigenvalue weighted by Crippen LogP contribution is 2.16. The molecule has 4 rings (SSSR count). The molecule has 0 atom stereocenters. The quantitative estimate of drug-likeness (QED) is 0.671. The van der Waals surface area contributed by atoms with Gasteiger partial charge in [-0.3, -0.25) is 9.69 Å². The summed E-state index contributed by atoms with van der Waals surface area (Å²) in [6, 6.07) is 18.0. The summed E-state index contributed by atoms with van der Waals surface area (Å²) >= 11 is 0. The number of hydrogen-bond donors (Lipinski definition) is 1. The van der Waals surface area contributed by atoms with E-state index in [-0.39, 0.29) is 5.91 Å². The van der Waals surface area contributed by atoms with Crippen molar-refractivity contribution in [3.8, 4) is 0 Å². The highest BCUT2D eigenvalue weighted by atomic mass is 16.3. The van der Waals surface area contributed by atoms with Gasteiger partial charge in [0.15, 0.2) is 5.58 Å². The van der Waals surface area contributed by atoms with Crippen molar-refractivity contribution in [3.63, 3.8) is 0 Å². The predicted octanol–water partition coefficient (Wildman–Crippen LogP) is 2.78. The van der Waals surface area contributed by atoms with Crippen molar-refractivity contribution in [3.05, 3.63) is 66.6 Å². The fourth-order valence-electron chi connectivity index (χ4n) is 3.37. The molecule has 3 aromatic rings. The van der Waals surface area contributed by atoms with Gasteiger partial charge in [-0.15, -0.1) is 0 Å². The summed E-state index contributed by atoms with van der Waals surface area (Å²) < 4.78 is 5.57. The number of oxazole rings is 1. The molecule has 6 heteroatoms. The number of carbonyl (C=O) groups excluding carboxylic acids is 1. The van der Waals surface area contributed by atoms with Crippen molar-refractivity contribution in [2.24, 2.45) is 0 Å². The summed E-state index contributed by atoms with van der Waals surface area (Å²) in [4.78, 5) is 21.1. The van der Waals surface area contributed by atoms with Crippen LogP contribution >= 0.6 is 0 Å². The van der Waals surface area contributed by atoms with Gasteiger partial charge in [-0.1, -0.05) is 30.3 Å². The molecule has 6 nitrogen and oxygen atoms in total. The average Bonchev–Trinajstić information content (AvgIpc) is 3.16. The molecule has 1 saturated heterocycles. The lowest BCUT2D eigenvalue weighted by Gasteiger charge is -2.36. The van der Waals surface area contributed by atoms with E-state index in [2.05, 4.69) is 44.4 Å². The van der Waals surface area contributed by atoms with Crippen LogP contribution < -0.4 is 10.2 Å². The molecule has 1 aliphatic heterocycles. The predicted molar refractivity (Wildman–Crippen MR) is 111 cm³/mol. The normalized spacial score (nSPS) is 15.4. The number of aromatic nitrogens is 1. The zero-order chi connectivity index (χ0) is 19.2. The fraction of sp³-hybridized carbons (Fsp3) is 0.273. The third kappa shape index (κ3) is 4.58. The zero-order valence-corrected chi connectivity index (χ0v) is 15.8. The number of rotatable bonds is 6. The molecule has 1 N–H and O–H groups in total. The Balaban J connectivity index is 1.18. The van der Waals surface area contributed by atoms with E-state index in [0.717, 1.165) is 43.8 Å². The Morgan fingerprint density at radius 3 is 2.57 bits per heavy atom. The van der Waals surface area contributed by atoms with Crippen LogP contribution in [-0.2, 0) is 4.79 Å². The SMILES string of the molecule is O=C(/C=C/c1nc2ccccc2o1)NCCN1CCN(c2ccccc2)CC1. The summed E-state index contributed by atoms with van der Waals surface area (Å²) in [5.74, 6) is 0.304. The van der Waals surface area contributed by atoms with Crippen LogP contribution in [0.1, 0.15) is 5.89 Å². The van der Waals surface area contributed by atoms with E-state index in [0.29, 0.717) is 12.4 Å². The molecule has 144 valence electrons. The van der Waals surface area contributed by atoms with Gasteiger partial charge in [-0.25, -0.2) is 4.98 Å². The van der Waals surface area contributed by atoms with Crippen LogP contribution in [0, 0.1) is 0 Å². The number of amides is 1. The Hall–Kier alpha value is -3.12. The number of anilines is 1. The number of para-hydroxylation sites is 3. The van der Waals surface area contributed by atoms with Crippen LogP contribution in [0.3, 0.4) is 0 Å². The van der Waals surface area contributed by atoms with Crippen LogP contribution in [0.25, 0.3) is 17.2 Å².